The molecule has 3 nitrogen and oxygen atoms in total. The fourth-order valence-corrected chi connectivity index (χ4v) is 1.77. The van der Waals surface area contributed by atoms with Crippen LogP contribution in [-0.2, 0) is 0 Å². The van der Waals surface area contributed by atoms with Gasteiger partial charge in [0.25, 0.3) is 0 Å². The Balaban J connectivity index is 2.59. The van der Waals surface area contributed by atoms with Crippen LogP contribution in [0.3, 0.4) is 0 Å². The quantitative estimate of drug-likeness (QED) is 0.848. The van der Waals surface area contributed by atoms with E-state index in [0.717, 1.165) is 0 Å². The number of halogens is 1. The number of nitrogens with two attached hydrogens (primary N) is 1. The summed E-state index contributed by atoms with van der Waals surface area (Å²) in [4.78, 5) is 0. The van der Waals surface area contributed by atoms with Gasteiger partial charge in [-0.25, -0.2) is 4.39 Å². The van der Waals surface area contributed by atoms with Gasteiger partial charge in [-0.1, -0.05) is 0 Å². The number of rotatable bonds is 3. The molecule has 0 fully saturated rings. The zero-order valence-corrected chi connectivity index (χ0v) is 10.2. The van der Waals surface area contributed by atoms with E-state index in [0.29, 0.717) is 28.3 Å². The maximum absolute atomic E-state index is 13.8. The van der Waals surface area contributed by atoms with Gasteiger partial charge in [-0.2, -0.15) is 0 Å². The molecule has 94 valence electrons. The summed E-state index contributed by atoms with van der Waals surface area (Å²) in [6.07, 6.45) is 0. The monoisotopic (exact) mass is 247 g/mol. The van der Waals surface area contributed by atoms with Crippen molar-refractivity contribution in [1.29, 1.82) is 0 Å². The fraction of sp³-hybridized carbons (Fsp3) is 0.143. The van der Waals surface area contributed by atoms with Crippen molar-refractivity contribution < 1.29 is 13.9 Å². The van der Waals surface area contributed by atoms with Gasteiger partial charge in [-0.05, 0) is 30.3 Å². The van der Waals surface area contributed by atoms with Gasteiger partial charge in [0.05, 0.1) is 14.2 Å². The Bertz CT molecular complexity index is 570. The Hall–Kier alpha value is -2.23. The summed E-state index contributed by atoms with van der Waals surface area (Å²) in [6, 6.07) is 9.65. The highest BCUT2D eigenvalue weighted by molar-refractivity contribution is 5.74. The molecule has 0 heterocycles. The van der Waals surface area contributed by atoms with Crippen molar-refractivity contribution in [2.24, 2.45) is 0 Å². The van der Waals surface area contributed by atoms with E-state index in [-0.39, 0.29) is 5.82 Å². The van der Waals surface area contributed by atoms with Gasteiger partial charge < -0.3 is 15.2 Å². The third kappa shape index (κ3) is 2.22. The molecule has 2 rings (SSSR count). The number of anilines is 1. The summed E-state index contributed by atoms with van der Waals surface area (Å²) < 4.78 is 24.2. The smallest absolute Gasteiger partial charge is 0.131 e. The highest BCUT2D eigenvalue weighted by atomic mass is 19.1. The van der Waals surface area contributed by atoms with E-state index >= 15 is 0 Å². The molecule has 0 aliphatic rings. The summed E-state index contributed by atoms with van der Waals surface area (Å²) in [7, 11) is 3.10. The minimum atomic E-state index is -0.340. The second-order valence-electron chi connectivity index (χ2n) is 3.81. The number of ether oxygens (including phenoxy) is 2. The van der Waals surface area contributed by atoms with Gasteiger partial charge in [0, 0.05) is 22.9 Å². The van der Waals surface area contributed by atoms with Crippen molar-refractivity contribution in [2.45, 2.75) is 0 Å². The van der Waals surface area contributed by atoms with Crippen molar-refractivity contribution in [1.82, 2.24) is 0 Å². The maximum atomic E-state index is 13.8. The molecule has 0 aliphatic carbocycles. The van der Waals surface area contributed by atoms with E-state index in [2.05, 4.69) is 0 Å². The summed E-state index contributed by atoms with van der Waals surface area (Å²) >= 11 is 0. The molecule has 0 unspecified atom stereocenters. The molecule has 2 N–H and O–H groups in total. The van der Waals surface area contributed by atoms with E-state index in [9.17, 15) is 4.39 Å². The van der Waals surface area contributed by atoms with Crippen LogP contribution in [0.4, 0.5) is 10.1 Å². The van der Waals surface area contributed by atoms with Crippen LogP contribution in [0.25, 0.3) is 11.1 Å². The zero-order valence-electron chi connectivity index (χ0n) is 10.2. The van der Waals surface area contributed by atoms with Crippen LogP contribution >= 0.6 is 0 Å². The van der Waals surface area contributed by atoms with E-state index in [4.69, 9.17) is 15.2 Å². The predicted octanol–water partition coefficient (Wildman–Crippen LogP) is 3.09. The second-order valence-corrected chi connectivity index (χ2v) is 3.81. The molecule has 2 aromatic rings. The SMILES string of the molecule is COc1ccc(-c2cc(N)ccc2F)c(OC)c1. The largest absolute Gasteiger partial charge is 0.497 e. The van der Waals surface area contributed by atoms with Crippen LogP contribution in [0.5, 0.6) is 11.5 Å². The summed E-state index contributed by atoms with van der Waals surface area (Å²) in [6.45, 7) is 0. The highest BCUT2D eigenvalue weighted by Gasteiger charge is 2.12. The summed E-state index contributed by atoms with van der Waals surface area (Å²) in [5, 5.41) is 0. The molecule has 0 saturated carbocycles. The van der Waals surface area contributed by atoms with E-state index in [1.54, 1.807) is 31.4 Å². The number of benzene rings is 2. The zero-order chi connectivity index (χ0) is 13.1. The lowest BCUT2D eigenvalue weighted by Crippen LogP contribution is -1.94. The number of hydrogen-bond acceptors (Lipinski definition) is 3. The first-order valence-corrected chi connectivity index (χ1v) is 5.43. The van der Waals surface area contributed by atoms with E-state index in [1.807, 2.05) is 0 Å². The molecular weight excluding hydrogens is 233 g/mol. The Kier molecular flexibility index (Phi) is 3.37. The van der Waals surface area contributed by atoms with Crippen molar-refractivity contribution >= 4 is 5.69 Å². The molecule has 0 amide bonds. The van der Waals surface area contributed by atoms with Crippen molar-refractivity contribution in [3.63, 3.8) is 0 Å². The van der Waals surface area contributed by atoms with Crippen LogP contribution in [0.1, 0.15) is 0 Å². The molecule has 0 bridgehead atoms. The first-order valence-electron chi connectivity index (χ1n) is 5.43. The number of hydrogen-bond donors (Lipinski definition) is 1. The lowest BCUT2D eigenvalue weighted by Gasteiger charge is -2.11. The minimum Gasteiger partial charge on any atom is -0.497 e. The molecule has 0 radical (unpaired) electrons. The van der Waals surface area contributed by atoms with Gasteiger partial charge in [0.2, 0.25) is 0 Å². The van der Waals surface area contributed by atoms with Crippen molar-refractivity contribution in [3.8, 4) is 22.6 Å². The molecule has 2 aromatic carbocycles. The minimum absolute atomic E-state index is 0.340. The number of methoxy groups -OCH3 is 2. The third-order valence-electron chi connectivity index (χ3n) is 2.69. The van der Waals surface area contributed by atoms with Crippen LogP contribution in [-0.4, -0.2) is 14.2 Å². The molecule has 0 saturated heterocycles. The van der Waals surface area contributed by atoms with Gasteiger partial charge in [0.1, 0.15) is 17.3 Å². The lowest BCUT2D eigenvalue weighted by atomic mass is 10.0. The van der Waals surface area contributed by atoms with Gasteiger partial charge in [0.15, 0.2) is 0 Å². The predicted molar refractivity (Wildman–Crippen MR) is 69.4 cm³/mol. The van der Waals surface area contributed by atoms with Gasteiger partial charge in [-0.15, -0.1) is 0 Å². The molecule has 0 aliphatic heterocycles. The van der Waals surface area contributed by atoms with Gasteiger partial charge >= 0.3 is 0 Å². The average molecular weight is 247 g/mol. The number of nitrogen functional groups attached to an aromatic ring is 1. The van der Waals surface area contributed by atoms with Crippen molar-refractivity contribution in [3.05, 3.63) is 42.2 Å². The molecule has 4 heteroatoms. The first-order chi connectivity index (χ1) is 8.65. The summed E-state index contributed by atoms with van der Waals surface area (Å²) in [5.41, 5.74) is 7.24. The van der Waals surface area contributed by atoms with Crippen LogP contribution in [0.15, 0.2) is 36.4 Å². The Morgan fingerprint density at radius 2 is 1.72 bits per heavy atom. The van der Waals surface area contributed by atoms with Gasteiger partial charge in [-0.3, -0.25) is 0 Å². The topological polar surface area (TPSA) is 44.5 Å². The Morgan fingerprint density at radius 1 is 0.944 bits per heavy atom. The standard InChI is InChI=1S/C14H14FNO2/c1-17-10-4-5-11(14(8-10)18-2)12-7-9(16)3-6-13(12)15/h3-8H,16H2,1-2H3. The van der Waals surface area contributed by atoms with Crippen molar-refractivity contribution in [2.75, 3.05) is 20.0 Å². The highest BCUT2D eigenvalue weighted by Crippen LogP contribution is 2.35. The fourth-order valence-electron chi connectivity index (χ4n) is 1.77. The van der Waals surface area contributed by atoms with Crippen LogP contribution < -0.4 is 15.2 Å². The van der Waals surface area contributed by atoms with Crippen LogP contribution in [0, 0.1) is 5.82 Å². The average Bonchev–Trinajstić information content (AvgIpc) is 2.41. The Morgan fingerprint density at radius 3 is 2.39 bits per heavy atom. The summed E-state index contributed by atoms with van der Waals surface area (Å²) in [5.74, 6) is 0.853. The molecule has 0 spiro atoms. The lowest BCUT2D eigenvalue weighted by molar-refractivity contribution is 0.395. The second kappa shape index (κ2) is 4.96. The Labute approximate surface area is 105 Å². The maximum Gasteiger partial charge on any atom is 0.131 e. The van der Waals surface area contributed by atoms with E-state index < -0.39 is 0 Å². The molecular formula is C14H14FNO2. The molecule has 18 heavy (non-hydrogen) atoms. The normalized spacial score (nSPS) is 10.2. The first kappa shape index (κ1) is 12.2. The van der Waals surface area contributed by atoms with E-state index in [1.165, 1.54) is 19.2 Å². The van der Waals surface area contributed by atoms with Crippen LogP contribution in [0.2, 0.25) is 0 Å². The molecule has 0 atom stereocenters. The third-order valence-corrected chi connectivity index (χ3v) is 2.69. The molecule has 0 aromatic heterocycles.